The van der Waals surface area contributed by atoms with E-state index in [0.717, 1.165) is 26.2 Å². The van der Waals surface area contributed by atoms with Crippen LogP contribution in [0.15, 0.2) is 24.4 Å². The highest BCUT2D eigenvalue weighted by Crippen LogP contribution is 2.24. The van der Waals surface area contributed by atoms with Crippen LogP contribution in [0.25, 0.3) is 0 Å². The summed E-state index contributed by atoms with van der Waals surface area (Å²) in [5, 5.41) is 3.51. The van der Waals surface area contributed by atoms with Crippen molar-refractivity contribution in [3.05, 3.63) is 30.1 Å². The van der Waals surface area contributed by atoms with Crippen molar-refractivity contribution >= 4 is 0 Å². The van der Waals surface area contributed by atoms with Gasteiger partial charge in [-0.1, -0.05) is 18.9 Å². The summed E-state index contributed by atoms with van der Waals surface area (Å²) in [4.78, 5) is 10.0. The SMILES string of the molecule is CC1CNCCN1C(CN1CCCCCC1)c1ccccn1. The van der Waals surface area contributed by atoms with E-state index in [2.05, 4.69) is 39.2 Å². The molecule has 2 aliphatic heterocycles. The molecule has 2 aliphatic rings. The van der Waals surface area contributed by atoms with Crippen LogP contribution in [0.3, 0.4) is 0 Å². The van der Waals surface area contributed by atoms with Gasteiger partial charge in [0.05, 0.1) is 11.7 Å². The second kappa shape index (κ2) is 8.04. The monoisotopic (exact) mass is 302 g/mol. The lowest BCUT2D eigenvalue weighted by Crippen LogP contribution is -2.53. The zero-order chi connectivity index (χ0) is 15.2. The van der Waals surface area contributed by atoms with Gasteiger partial charge in [-0.15, -0.1) is 0 Å². The summed E-state index contributed by atoms with van der Waals surface area (Å²) in [7, 11) is 0. The third-order valence-electron chi connectivity index (χ3n) is 5.11. The summed E-state index contributed by atoms with van der Waals surface area (Å²) in [6, 6.07) is 7.36. The first kappa shape index (κ1) is 15.9. The molecule has 1 aromatic heterocycles. The molecule has 2 atom stereocenters. The zero-order valence-electron chi connectivity index (χ0n) is 13.9. The first-order valence-electron chi connectivity index (χ1n) is 8.94. The van der Waals surface area contributed by atoms with Gasteiger partial charge >= 0.3 is 0 Å². The number of hydrogen-bond donors (Lipinski definition) is 1. The largest absolute Gasteiger partial charge is 0.314 e. The Kier molecular flexibility index (Phi) is 5.82. The van der Waals surface area contributed by atoms with E-state index in [4.69, 9.17) is 0 Å². The molecular formula is C18H30N4. The van der Waals surface area contributed by atoms with Gasteiger partial charge in [0, 0.05) is 38.4 Å². The van der Waals surface area contributed by atoms with Gasteiger partial charge in [-0.25, -0.2) is 0 Å². The summed E-state index contributed by atoms with van der Waals surface area (Å²) < 4.78 is 0. The molecule has 3 heterocycles. The molecule has 1 aromatic rings. The van der Waals surface area contributed by atoms with E-state index >= 15 is 0 Å². The van der Waals surface area contributed by atoms with Gasteiger partial charge < -0.3 is 10.2 Å². The fraction of sp³-hybridized carbons (Fsp3) is 0.722. The average molecular weight is 302 g/mol. The van der Waals surface area contributed by atoms with E-state index in [1.165, 1.54) is 44.5 Å². The summed E-state index contributed by atoms with van der Waals surface area (Å²) in [5.41, 5.74) is 1.24. The van der Waals surface area contributed by atoms with Gasteiger partial charge in [0.2, 0.25) is 0 Å². The van der Waals surface area contributed by atoms with Crippen LogP contribution >= 0.6 is 0 Å². The number of nitrogens with zero attached hydrogens (tertiary/aromatic N) is 3. The number of aromatic nitrogens is 1. The van der Waals surface area contributed by atoms with Crippen LogP contribution in [0.5, 0.6) is 0 Å². The van der Waals surface area contributed by atoms with Crippen LogP contribution in [-0.4, -0.2) is 60.1 Å². The van der Waals surface area contributed by atoms with E-state index in [0.29, 0.717) is 12.1 Å². The lowest BCUT2D eigenvalue weighted by molar-refractivity contribution is 0.0828. The third kappa shape index (κ3) is 4.06. The topological polar surface area (TPSA) is 31.4 Å². The molecule has 0 amide bonds. The fourth-order valence-electron chi connectivity index (χ4n) is 3.82. The average Bonchev–Trinajstić information content (AvgIpc) is 2.83. The Morgan fingerprint density at radius 3 is 2.68 bits per heavy atom. The summed E-state index contributed by atoms with van der Waals surface area (Å²) in [5.74, 6) is 0. The van der Waals surface area contributed by atoms with E-state index in [1.54, 1.807) is 0 Å². The highest BCUT2D eigenvalue weighted by Gasteiger charge is 2.29. The number of piperazine rings is 1. The minimum atomic E-state index is 0.427. The van der Waals surface area contributed by atoms with Crippen LogP contribution in [-0.2, 0) is 0 Å². The van der Waals surface area contributed by atoms with Crippen molar-refractivity contribution in [3.63, 3.8) is 0 Å². The van der Waals surface area contributed by atoms with Crippen molar-refractivity contribution in [2.24, 2.45) is 0 Å². The van der Waals surface area contributed by atoms with Gasteiger partial charge in [-0.3, -0.25) is 9.88 Å². The van der Waals surface area contributed by atoms with Crippen LogP contribution in [0.1, 0.15) is 44.3 Å². The fourth-order valence-corrected chi connectivity index (χ4v) is 3.82. The second-order valence-corrected chi connectivity index (χ2v) is 6.78. The normalized spacial score (nSPS) is 26.5. The lowest BCUT2D eigenvalue weighted by Gasteiger charge is -2.41. The van der Waals surface area contributed by atoms with Crippen molar-refractivity contribution in [2.45, 2.75) is 44.7 Å². The quantitative estimate of drug-likeness (QED) is 0.925. The predicted octanol–water partition coefficient (Wildman–Crippen LogP) is 2.29. The molecule has 0 saturated carbocycles. The number of rotatable bonds is 4. The summed E-state index contributed by atoms with van der Waals surface area (Å²) in [6.07, 6.45) is 7.44. The summed E-state index contributed by atoms with van der Waals surface area (Å²) >= 11 is 0. The van der Waals surface area contributed by atoms with Crippen LogP contribution in [0, 0.1) is 0 Å². The molecule has 2 unspecified atom stereocenters. The van der Waals surface area contributed by atoms with E-state index in [9.17, 15) is 0 Å². The molecule has 22 heavy (non-hydrogen) atoms. The van der Waals surface area contributed by atoms with Crippen molar-refractivity contribution in [2.75, 3.05) is 39.3 Å². The maximum atomic E-state index is 4.69. The Labute approximate surface area is 134 Å². The minimum absolute atomic E-state index is 0.427. The Bertz CT molecular complexity index is 428. The molecule has 0 spiro atoms. The highest BCUT2D eigenvalue weighted by atomic mass is 15.3. The third-order valence-corrected chi connectivity index (χ3v) is 5.11. The van der Waals surface area contributed by atoms with Crippen molar-refractivity contribution < 1.29 is 0 Å². The van der Waals surface area contributed by atoms with Crippen molar-refractivity contribution in [3.8, 4) is 0 Å². The zero-order valence-corrected chi connectivity index (χ0v) is 13.9. The van der Waals surface area contributed by atoms with Crippen LogP contribution < -0.4 is 5.32 Å². The number of pyridine rings is 1. The number of likely N-dealkylation sites (tertiary alicyclic amines) is 1. The molecule has 0 aliphatic carbocycles. The predicted molar refractivity (Wildman–Crippen MR) is 90.9 cm³/mol. The molecule has 122 valence electrons. The molecule has 4 heteroatoms. The van der Waals surface area contributed by atoms with Crippen LogP contribution in [0.4, 0.5) is 0 Å². The molecule has 3 rings (SSSR count). The van der Waals surface area contributed by atoms with Gasteiger partial charge in [0.15, 0.2) is 0 Å². The standard InChI is InChI=1S/C18H30N4/c1-16-14-19-10-13-22(16)18(17-8-4-5-9-20-17)15-21-11-6-2-3-7-12-21/h4-5,8-9,16,18-19H,2-3,6-7,10-15H2,1H3. The van der Waals surface area contributed by atoms with Gasteiger partial charge in [0.25, 0.3) is 0 Å². The lowest BCUT2D eigenvalue weighted by atomic mass is 10.1. The molecule has 0 aromatic carbocycles. The maximum Gasteiger partial charge on any atom is 0.0652 e. The van der Waals surface area contributed by atoms with Gasteiger partial charge in [0.1, 0.15) is 0 Å². The maximum absolute atomic E-state index is 4.69. The summed E-state index contributed by atoms with van der Waals surface area (Å²) in [6.45, 7) is 9.27. The Morgan fingerprint density at radius 2 is 2.00 bits per heavy atom. The second-order valence-electron chi connectivity index (χ2n) is 6.78. The number of hydrogen-bond acceptors (Lipinski definition) is 4. The van der Waals surface area contributed by atoms with Crippen molar-refractivity contribution in [1.82, 2.24) is 20.1 Å². The molecule has 0 bridgehead atoms. The first-order chi connectivity index (χ1) is 10.8. The molecule has 1 N–H and O–H groups in total. The Balaban J connectivity index is 1.76. The van der Waals surface area contributed by atoms with E-state index in [-0.39, 0.29) is 0 Å². The molecule has 0 radical (unpaired) electrons. The molecule has 2 saturated heterocycles. The first-order valence-corrected chi connectivity index (χ1v) is 8.94. The Morgan fingerprint density at radius 1 is 1.18 bits per heavy atom. The van der Waals surface area contributed by atoms with Gasteiger partial charge in [-0.05, 0) is 45.0 Å². The van der Waals surface area contributed by atoms with Crippen LogP contribution in [0.2, 0.25) is 0 Å². The Hall–Kier alpha value is -0.970. The minimum Gasteiger partial charge on any atom is -0.314 e. The van der Waals surface area contributed by atoms with E-state index < -0.39 is 0 Å². The molecule has 4 nitrogen and oxygen atoms in total. The van der Waals surface area contributed by atoms with Gasteiger partial charge in [-0.2, -0.15) is 0 Å². The number of nitrogens with one attached hydrogen (secondary N) is 1. The van der Waals surface area contributed by atoms with Crippen molar-refractivity contribution in [1.29, 1.82) is 0 Å². The highest BCUT2D eigenvalue weighted by molar-refractivity contribution is 5.10. The van der Waals surface area contributed by atoms with E-state index in [1.807, 2.05) is 12.3 Å². The smallest absolute Gasteiger partial charge is 0.0652 e. The molecule has 2 fully saturated rings. The molecular weight excluding hydrogens is 272 g/mol.